The van der Waals surface area contributed by atoms with Gasteiger partial charge in [-0.25, -0.2) is 0 Å². The number of carbonyl (C=O) groups excluding carboxylic acids is 1. The van der Waals surface area contributed by atoms with Crippen LogP contribution in [-0.2, 0) is 4.79 Å². The molecule has 1 aromatic rings. The summed E-state index contributed by atoms with van der Waals surface area (Å²) < 4.78 is 0. The highest BCUT2D eigenvalue weighted by molar-refractivity contribution is 5.97. The summed E-state index contributed by atoms with van der Waals surface area (Å²) in [4.78, 5) is 28.2. The van der Waals surface area contributed by atoms with Gasteiger partial charge in [0.2, 0.25) is 0 Å². The van der Waals surface area contributed by atoms with E-state index in [9.17, 15) is 14.7 Å². The first-order valence-electron chi connectivity index (χ1n) is 5.90. The highest BCUT2D eigenvalue weighted by Gasteiger charge is 2.29. The SMILES string of the molecule is CC(C)(C)N(CCC(=O)O)C(=O)c1ccncc1O. The van der Waals surface area contributed by atoms with Crippen molar-refractivity contribution >= 4 is 11.9 Å². The third-order valence-electron chi connectivity index (χ3n) is 2.63. The Morgan fingerprint density at radius 1 is 1.37 bits per heavy atom. The van der Waals surface area contributed by atoms with E-state index in [0.29, 0.717) is 0 Å². The van der Waals surface area contributed by atoms with Crippen molar-refractivity contribution in [1.29, 1.82) is 0 Å². The molecule has 19 heavy (non-hydrogen) atoms. The zero-order chi connectivity index (χ0) is 14.6. The minimum atomic E-state index is -0.971. The summed E-state index contributed by atoms with van der Waals surface area (Å²) >= 11 is 0. The predicted molar refractivity (Wildman–Crippen MR) is 68.9 cm³/mol. The zero-order valence-corrected chi connectivity index (χ0v) is 11.3. The summed E-state index contributed by atoms with van der Waals surface area (Å²) in [5, 5.41) is 18.4. The molecule has 6 nitrogen and oxygen atoms in total. The van der Waals surface area contributed by atoms with Gasteiger partial charge >= 0.3 is 5.97 Å². The third kappa shape index (κ3) is 3.94. The Morgan fingerprint density at radius 3 is 2.47 bits per heavy atom. The number of pyridine rings is 1. The Morgan fingerprint density at radius 2 is 2.00 bits per heavy atom. The van der Waals surface area contributed by atoms with Crippen LogP contribution in [0.3, 0.4) is 0 Å². The number of carbonyl (C=O) groups is 2. The van der Waals surface area contributed by atoms with Crippen molar-refractivity contribution in [2.75, 3.05) is 6.54 Å². The van der Waals surface area contributed by atoms with Gasteiger partial charge in [-0.3, -0.25) is 14.6 Å². The summed E-state index contributed by atoms with van der Waals surface area (Å²) in [5.74, 6) is -1.59. The van der Waals surface area contributed by atoms with Crippen LogP contribution in [0, 0.1) is 0 Å². The van der Waals surface area contributed by atoms with Crippen molar-refractivity contribution in [3.05, 3.63) is 24.0 Å². The maximum absolute atomic E-state index is 12.4. The third-order valence-corrected chi connectivity index (χ3v) is 2.63. The number of hydrogen-bond donors (Lipinski definition) is 2. The van der Waals surface area contributed by atoms with Crippen LogP contribution in [0.2, 0.25) is 0 Å². The molecule has 1 rings (SSSR count). The number of aromatic nitrogens is 1. The molecule has 0 aliphatic rings. The first-order valence-corrected chi connectivity index (χ1v) is 5.90. The smallest absolute Gasteiger partial charge is 0.305 e. The molecule has 0 aromatic carbocycles. The highest BCUT2D eigenvalue weighted by Crippen LogP contribution is 2.22. The lowest BCUT2D eigenvalue weighted by molar-refractivity contribution is -0.137. The van der Waals surface area contributed by atoms with Crippen molar-refractivity contribution in [3.63, 3.8) is 0 Å². The molecule has 0 atom stereocenters. The molecule has 1 amide bonds. The minimum absolute atomic E-state index is 0.0828. The second-order valence-corrected chi connectivity index (χ2v) is 5.16. The summed E-state index contributed by atoms with van der Waals surface area (Å²) in [5.41, 5.74) is -0.419. The molecule has 1 heterocycles. The largest absolute Gasteiger partial charge is 0.505 e. The van der Waals surface area contributed by atoms with E-state index in [2.05, 4.69) is 4.98 Å². The summed E-state index contributed by atoms with van der Waals surface area (Å²) in [6, 6.07) is 1.41. The molecular weight excluding hydrogens is 248 g/mol. The van der Waals surface area contributed by atoms with E-state index in [1.807, 2.05) is 20.8 Å². The molecule has 2 N–H and O–H groups in total. The van der Waals surface area contributed by atoms with Gasteiger partial charge in [0, 0.05) is 18.3 Å². The lowest BCUT2D eigenvalue weighted by Gasteiger charge is -2.35. The lowest BCUT2D eigenvalue weighted by atomic mass is 10.0. The molecule has 0 unspecified atom stereocenters. The summed E-state index contributed by atoms with van der Waals surface area (Å²) in [6.45, 7) is 5.51. The number of rotatable bonds is 4. The van der Waals surface area contributed by atoms with Gasteiger partial charge in [0.1, 0.15) is 5.75 Å². The summed E-state index contributed by atoms with van der Waals surface area (Å²) in [6.07, 6.45) is 2.45. The number of hydrogen-bond acceptors (Lipinski definition) is 4. The quantitative estimate of drug-likeness (QED) is 0.861. The Kier molecular flexibility index (Phi) is 4.47. The minimum Gasteiger partial charge on any atom is -0.505 e. The molecule has 0 fully saturated rings. The Balaban J connectivity index is 3.02. The molecule has 0 radical (unpaired) electrons. The standard InChI is InChI=1S/C13H18N2O4/c1-13(2,3)15(7-5-11(17)18)12(19)9-4-6-14-8-10(9)16/h4,6,8,16H,5,7H2,1-3H3,(H,17,18). The van der Waals surface area contributed by atoms with Crippen LogP contribution in [0.1, 0.15) is 37.6 Å². The number of aliphatic carboxylic acids is 1. The second-order valence-electron chi connectivity index (χ2n) is 5.16. The average molecular weight is 266 g/mol. The van der Waals surface area contributed by atoms with Gasteiger partial charge in [-0.2, -0.15) is 0 Å². The summed E-state index contributed by atoms with van der Waals surface area (Å²) in [7, 11) is 0. The monoisotopic (exact) mass is 266 g/mol. The highest BCUT2D eigenvalue weighted by atomic mass is 16.4. The normalized spacial score (nSPS) is 11.1. The van der Waals surface area contributed by atoms with Crippen molar-refractivity contribution in [2.45, 2.75) is 32.7 Å². The molecule has 0 saturated heterocycles. The topological polar surface area (TPSA) is 90.7 Å². The number of carboxylic acids is 1. The van der Waals surface area contributed by atoms with E-state index in [1.165, 1.54) is 23.4 Å². The average Bonchev–Trinajstić information content (AvgIpc) is 2.27. The van der Waals surface area contributed by atoms with Crippen molar-refractivity contribution in [3.8, 4) is 5.75 Å². The molecular formula is C13H18N2O4. The van der Waals surface area contributed by atoms with Crippen LogP contribution >= 0.6 is 0 Å². The molecule has 104 valence electrons. The number of carboxylic acid groups (broad SMARTS) is 1. The van der Waals surface area contributed by atoms with Gasteiger partial charge in [-0.15, -0.1) is 0 Å². The fourth-order valence-corrected chi connectivity index (χ4v) is 1.66. The Labute approximate surface area is 111 Å². The van der Waals surface area contributed by atoms with E-state index in [1.54, 1.807) is 0 Å². The molecule has 0 bridgehead atoms. The number of amides is 1. The van der Waals surface area contributed by atoms with E-state index in [4.69, 9.17) is 5.11 Å². The van der Waals surface area contributed by atoms with Crippen LogP contribution in [0.25, 0.3) is 0 Å². The first kappa shape index (κ1) is 14.9. The first-order chi connectivity index (χ1) is 8.73. The van der Waals surface area contributed by atoms with Crippen molar-refractivity contribution in [2.24, 2.45) is 0 Å². The zero-order valence-electron chi connectivity index (χ0n) is 11.3. The van der Waals surface area contributed by atoms with Gasteiger partial charge in [-0.1, -0.05) is 0 Å². The second kappa shape index (κ2) is 5.69. The van der Waals surface area contributed by atoms with E-state index < -0.39 is 17.4 Å². The van der Waals surface area contributed by atoms with Crippen LogP contribution in [0.15, 0.2) is 18.5 Å². The van der Waals surface area contributed by atoms with E-state index >= 15 is 0 Å². The van der Waals surface area contributed by atoms with E-state index in [0.717, 1.165) is 0 Å². The number of aromatic hydroxyl groups is 1. The molecule has 0 spiro atoms. The molecule has 1 aromatic heterocycles. The maximum atomic E-state index is 12.4. The van der Waals surface area contributed by atoms with Gasteiger partial charge in [-0.05, 0) is 26.8 Å². The predicted octanol–water partition coefficient (Wildman–Crippen LogP) is 1.50. The van der Waals surface area contributed by atoms with Crippen LogP contribution < -0.4 is 0 Å². The molecule has 6 heteroatoms. The van der Waals surface area contributed by atoms with Gasteiger partial charge in [0.05, 0.1) is 18.2 Å². The van der Waals surface area contributed by atoms with Gasteiger partial charge in [0.15, 0.2) is 0 Å². The maximum Gasteiger partial charge on any atom is 0.305 e. The van der Waals surface area contributed by atoms with E-state index in [-0.39, 0.29) is 24.3 Å². The number of nitrogens with zero attached hydrogens (tertiary/aromatic N) is 2. The Bertz CT molecular complexity index is 480. The van der Waals surface area contributed by atoms with Crippen molar-refractivity contribution < 1.29 is 19.8 Å². The molecule has 0 saturated carbocycles. The fraction of sp³-hybridized carbons (Fsp3) is 0.462. The van der Waals surface area contributed by atoms with Crippen LogP contribution in [0.5, 0.6) is 5.75 Å². The molecule has 0 aliphatic heterocycles. The fourth-order valence-electron chi connectivity index (χ4n) is 1.66. The van der Waals surface area contributed by atoms with Crippen LogP contribution in [0.4, 0.5) is 0 Å². The van der Waals surface area contributed by atoms with Crippen LogP contribution in [-0.4, -0.2) is 44.1 Å². The van der Waals surface area contributed by atoms with Crippen molar-refractivity contribution in [1.82, 2.24) is 9.88 Å². The Hall–Kier alpha value is -2.11. The lowest BCUT2D eigenvalue weighted by Crippen LogP contribution is -2.46. The van der Waals surface area contributed by atoms with Gasteiger partial charge < -0.3 is 15.1 Å². The molecule has 0 aliphatic carbocycles. The van der Waals surface area contributed by atoms with Gasteiger partial charge in [0.25, 0.3) is 5.91 Å².